The van der Waals surface area contributed by atoms with Crippen LogP contribution in [0, 0.1) is 5.82 Å². The van der Waals surface area contributed by atoms with Gasteiger partial charge in [0.1, 0.15) is 11.4 Å². The molecule has 1 aromatic heterocycles. The molecule has 2 aromatic carbocycles. The van der Waals surface area contributed by atoms with Gasteiger partial charge < -0.3 is 15.4 Å². The van der Waals surface area contributed by atoms with Gasteiger partial charge in [0.15, 0.2) is 0 Å². The van der Waals surface area contributed by atoms with Gasteiger partial charge in [0.2, 0.25) is 0 Å². The number of pyridine rings is 1. The third-order valence-electron chi connectivity index (χ3n) is 4.63. The molecule has 0 saturated carbocycles. The van der Waals surface area contributed by atoms with Crippen LogP contribution in [0.1, 0.15) is 49.8 Å². The van der Waals surface area contributed by atoms with Crippen molar-refractivity contribution in [3.63, 3.8) is 0 Å². The first-order chi connectivity index (χ1) is 14.6. The first-order valence-corrected chi connectivity index (χ1v) is 10.0. The van der Waals surface area contributed by atoms with E-state index >= 15 is 0 Å². The molecule has 31 heavy (non-hydrogen) atoms. The Morgan fingerprint density at radius 3 is 2.39 bits per heavy atom. The second-order valence-electron chi connectivity index (χ2n) is 8.22. The molecule has 0 bridgehead atoms. The Labute approximate surface area is 180 Å². The highest BCUT2D eigenvalue weighted by Gasteiger charge is 2.26. The molecule has 3 aromatic rings. The number of hydrogen-bond donors (Lipinski definition) is 2. The summed E-state index contributed by atoms with van der Waals surface area (Å²) >= 11 is 0. The minimum atomic E-state index is -0.659. The Bertz CT molecular complexity index is 1120. The van der Waals surface area contributed by atoms with Crippen LogP contribution in [-0.2, 0) is 4.74 Å². The number of amides is 2. The van der Waals surface area contributed by atoms with Crippen LogP contribution in [0.4, 0.5) is 9.18 Å². The van der Waals surface area contributed by atoms with Crippen LogP contribution in [0.2, 0.25) is 0 Å². The van der Waals surface area contributed by atoms with Crippen LogP contribution in [0.5, 0.6) is 0 Å². The molecule has 0 aliphatic carbocycles. The molecule has 0 radical (unpaired) electrons. The Balaban J connectivity index is 2.26. The fourth-order valence-corrected chi connectivity index (χ4v) is 3.38. The zero-order valence-electron chi connectivity index (χ0n) is 18.2. The summed E-state index contributed by atoms with van der Waals surface area (Å²) in [6.45, 7) is 7.10. The molecule has 1 unspecified atom stereocenters. The Morgan fingerprint density at radius 1 is 1.10 bits per heavy atom. The summed E-state index contributed by atoms with van der Waals surface area (Å²) in [7, 11) is 1.52. The zero-order chi connectivity index (χ0) is 22.8. The van der Waals surface area contributed by atoms with Gasteiger partial charge in [0.25, 0.3) is 5.91 Å². The summed E-state index contributed by atoms with van der Waals surface area (Å²) in [5.41, 5.74) is 1.83. The minimum Gasteiger partial charge on any atom is -0.444 e. The van der Waals surface area contributed by atoms with Crippen LogP contribution in [0.15, 0.2) is 48.5 Å². The van der Waals surface area contributed by atoms with Gasteiger partial charge in [-0.05, 0) is 51.5 Å². The van der Waals surface area contributed by atoms with Gasteiger partial charge in [-0.1, -0.05) is 30.3 Å². The predicted octanol–water partition coefficient (Wildman–Crippen LogP) is 4.99. The lowest BCUT2D eigenvalue weighted by molar-refractivity contribution is 0.0507. The lowest BCUT2D eigenvalue weighted by Gasteiger charge is -2.24. The molecule has 1 atom stereocenters. The van der Waals surface area contributed by atoms with Crippen LogP contribution < -0.4 is 10.6 Å². The van der Waals surface area contributed by atoms with Crippen molar-refractivity contribution in [2.45, 2.75) is 39.3 Å². The number of carbonyl (C=O) groups excluding carboxylic acids is 2. The van der Waals surface area contributed by atoms with Gasteiger partial charge in [-0.2, -0.15) is 0 Å². The van der Waals surface area contributed by atoms with E-state index in [1.165, 1.54) is 25.2 Å². The topological polar surface area (TPSA) is 80.3 Å². The molecule has 0 saturated heterocycles. The maximum Gasteiger partial charge on any atom is 0.408 e. The number of fused-ring (bicyclic) bond motifs is 1. The van der Waals surface area contributed by atoms with E-state index in [1.807, 2.05) is 30.3 Å². The van der Waals surface area contributed by atoms with Crippen molar-refractivity contribution in [3.05, 3.63) is 65.6 Å². The number of hydrogen-bond acceptors (Lipinski definition) is 4. The van der Waals surface area contributed by atoms with Gasteiger partial charge in [0.05, 0.1) is 22.8 Å². The SMILES string of the molecule is CNC(=O)c1c(-c2ccccc2)c(C(C)NC(=O)OC(C)(C)C)nc2ccc(F)cc12. The Hall–Kier alpha value is -3.48. The van der Waals surface area contributed by atoms with Crippen molar-refractivity contribution in [1.29, 1.82) is 0 Å². The first kappa shape index (κ1) is 22.2. The lowest BCUT2D eigenvalue weighted by Crippen LogP contribution is -2.34. The molecule has 1 heterocycles. The number of benzene rings is 2. The summed E-state index contributed by atoms with van der Waals surface area (Å²) in [6.07, 6.45) is -0.596. The van der Waals surface area contributed by atoms with Crippen LogP contribution in [0.25, 0.3) is 22.0 Å². The van der Waals surface area contributed by atoms with Gasteiger partial charge >= 0.3 is 6.09 Å². The second kappa shape index (κ2) is 8.71. The quantitative estimate of drug-likeness (QED) is 0.620. The molecular weight excluding hydrogens is 397 g/mol. The number of halogens is 1. The highest BCUT2D eigenvalue weighted by atomic mass is 19.1. The zero-order valence-corrected chi connectivity index (χ0v) is 18.2. The highest BCUT2D eigenvalue weighted by Crippen LogP contribution is 2.35. The fraction of sp³-hybridized carbons (Fsp3) is 0.292. The summed E-state index contributed by atoms with van der Waals surface area (Å²) in [6, 6.07) is 12.8. The van der Waals surface area contributed by atoms with E-state index < -0.39 is 23.6 Å². The number of alkyl carbamates (subject to hydrolysis) is 1. The van der Waals surface area contributed by atoms with Crippen molar-refractivity contribution in [2.75, 3.05) is 7.05 Å². The van der Waals surface area contributed by atoms with Gasteiger partial charge in [-0.3, -0.25) is 4.79 Å². The van der Waals surface area contributed by atoms with E-state index in [4.69, 9.17) is 9.72 Å². The molecule has 0 spiro atoms. The van der Waals surface area contributed by atoms with Crippen molar-refractivity contribution >= 4 is 22.9 Å². The molecule has 2 N–H and O–H groups in total. The number of nitrogens with one attached hydrogen (secondary N) is 2. The normalized spacial score (nSPS) is 12.3. The molecule has 7 heteroatoms. The predicted molar refractivity (Wildman–Crippen MR) is 118 cm³/mol. The minimum absolute atomic E-state index is 0.297. The van der Waals surface area contributed by atoms with E-state index in [1.54, 1.807) is 27.7 Å². The number of ether oxygens (including phenoxy) is 1. The smallest absolute Gasteiger partial charge is 0.408 e. The Kier molecular flexibility index (Phi) is 6.24. The summed E-state index contributed by atoms with van der Waals surface area (Å²) < 4.78 is 19.4. The third-order valence-corrected chi connectivity index (χ3v) is 4.63. The average Bonchev–Trinajstić information content (AvgIpc) is 2.71. The fourth-order valence-electron chi connectivity index (χ4n) is 3.38. The van der Waals surface area contributed by atoms with E-state index in [9.17, 15) is 14.0 Å². The van der Waals surface area contributed by atoms with Crippen LogP contribution in [-0.4, -0.2) is 29.6 Å². The molecule has 0 fully saturated rings. The first-order valence-electron chi connectivity index (χ1n) is 10.0. The average molecular weight is 423 g/mol. The standard InChI is InChI=1S/C24H26FN3O3/c1-14(27-23(30)31-24(2,3)4)21-19(15-9-7-6-8-10-15)20(22(29)26-5)17-13-16(25)11-12-18(17)28-21/h6-14H,1-5H3,(H,26,29)(H,27,30). The summed E-state index contributed by atoms with van der Waals surface area (Å²) in [5, 5.41) is 5.83. The molecule has 0 aliphatic heterocycles. The third kappa shape index (κ3) is 4.99. The molecule has 6 nitrogen and oxygen atoms in total. The number of nitrogens with zero attached hydrogens (tertiary/aromatic N) is 1. The maximum absolute atomic E-state index is 14.1. The molecule has 2 amide bonds. The highest BCUT2D eigenvalue weighted by molar-refractivity contribution is 6.12. The van der Waals surface area contributed by atoms with E-state index in [0.717, 1.165) is 5.56 Å². The van der Waals surface area contributed by atoms with Gasteiger partial charge in [-0.25, -0.2) is 14.2 Å². The number of carbonyl (C=O) groups is 2. The number of rotatable bonds is 4. The van der Waals surface area contributed by atoms with Crippen LogP contribution in [0.3, 0.4) is 0 Å². The van der Waals surface area contributed by atoms with Gasteiger partial charge in [0, 0.05) is 18.0 Å². The summed E-state index contributed by atoms with van der Waals surface area (Å²) in [4.78, 5) is 30.0. The molecule has 162 valence electrons. The maximum atomic E-state index is 14.1. The molecule has 0 aliphatic rings. The van der Waals surface area contributed by atoms with E-state index in [-0.39, 0.29) is 5.91 Å². The van der Waals surface area contributed by atoms with E-state index in [2.05, 4.69) is 10.6 Å². The lowest BCUT2D eigenvalue weighted by atomic mass is 9.91. The molecular formula is C24H26FN3O3. The largest absolute Gasteiger partial charge is 0.444 e. The van der Waals surface area contributed by atoms with Crippen molar-refractivity contribution < 1.29 is 18.7 Å². The Morgan fingerprint density at radius 2 is 1.77 bits per heavy atom. The van der Waals surface area contributed by atoms with Crippen molar-refractivity contribution in [2.24, 2.45) is 0 Å². The van der Waals surface area contributed by atoms with Crippen molar-refractivity contribution in [1.82, 2.24) is 15.6 Å². The number of aromatic nitrogens is 1. The monoisotopic (exact) mass is 423 g/mol. The van der Waals surface area contributed by atoms with Crippen molar-refractivity contribution in [3.8, 4) is 11.1 Å². The second-order valence-corrected chi connectivity index (χ2v) is 8.22. The van der Waals surface area contributed by atoms with Gasteiger partial charge in [-0.15, -0.1) is 0 Å². The summed E-state index contributed by atoms with van der Waals surface area (Å²) in [5.74, 6) is -0.839. The molecule has 3 rings (SSSR count). The van der Waals surface area contributed by atoms with Crippen LogP contribution >= 0.6 is 0 Å². The van der Waals surface area contributed by atoms with E-state index in [0.29, 0.717) is 27.7 Å².